The second-order valence-corrected chi connectivity index (χ2v) is 6.42. The van der Waals surface area contributed by atoms with Gasteiger partial charge in [0, 0.05) is 25.5 Å². The second-order valence-electron chi connectivity index (χ2n) is 6.42. The van der Waals surface area contributed by atoms with Gasteiger partial charge in [-0.25, -0.2) is 14.4 Å². The molecular weight excluding hydrogens is 371 g/mol. The maximum Gasteiger partial charge on any atom is 0.254 e. The van der Waals surface area contributed by atoms with Crippen LogP contribution < -0.4 is 15.4 Å². The Bertz CT molecular complexity index is 948. The number of benzene rings is 2. The zero-order valence-corrected chi connectivity index (χ0v) is 16.2. The zero-order chi connectivity index (χ0) is 20.5. The van der Waals surface area contributed by atoms with Crippen molar-refractivity contribution in [1.29, 1.82) is 0 Å². The Labute approximate surface area is 169 Å². The molecule has 0 unspecified atom stereocenters. The predicted molar refractivity (Wildman–Crippen MR) is 110 cm³/mol. The van der Waals surface area contributed by atoms with Gasteiger partial charge >= 0.3 is 0 Å². The third-order valence-electron chi connectivity index (χ3n) is 4.38. The number of hydrogen-bond acceptors (Lipinski definition) is 5. The monoisotopic (exact) mass is 394 g/mol. The molecule has 2 aromatic carbocycles. The predicted octanol–water partition coefficient (Wildman–Crippen LogP) is 3.25. The highest BCUT2D eigenvalue weighted by atomic mass is 19.1. The van der Waals surface area contributed by atoms with Gasteiger partial charge in [0.2, 0.25) is 5.95 Å². The van der Waals surface area contributed by atoms with Crippen LogP contribution in [0.1, 0.15) is 21.5 Å². The molecule has 150 valence electrons. The van der Waals surface area contributed by atoms with Crippen LogP contribution in [0.3, 0.4) is 0 Å². The average Bonchev–Trinajstić information content (AvgIpc) is 2.75. The fraction of sp³-hybridized carbons (Fsp3) is 0.227. The van der Waals surface area contributed by atoms with Crippen molar-refractivity contribution in [3.63, 3.8) is 0 Å². The van der Waals surface area contributed by atoms with Gasteiger partial charge in [-0.05, 0) is 42.2 Å². The molecule has 29 heavy (non-hydrogen) atoms. The molecule has 0 fully saturated rings. The van der Waals surface area contributed by atoms with E-state index in [9.17, 15) is 9.18 Å². The van der Waals surface area contributed by atoms with Crippen molar-refractivity contribution < 1.29 is 13.9 Å². The molecule has 7 heteroatoms. The standard InChI is InChI=1S/C22H23FN4O2/c1-29-19-7-4-5-16(13-19)9-11-25-22-26-14-18(15-27-22)21(28)24-12-10-17-6-2-3-8-20(17)23/h2-8,13-15H,9-12H2,1H3,(H,24,28)(H,25,26,27). The Morgan fingerprint density at radius 2 is 1.83 bits per heavy atom. The molecule has 0 saturated carbocycles. The molecule has 1 amide bonds. The summed E-state index contributed by atoms with van der Waals surface area (Å²) < 4.78 is 18.8. The van der Waals surface area contributed by atoms with Crippen LogP contribution in [0.2, 0.25) is 0 Å². The van der Waals surface area contributed by atoms with Crippen molar-refractivity contribution in [2.45, 2.75) is 12.8 Å². The van der Waals surface area contributed by atoms with Crippen LogP contribution in [0.15, 0.2) is 60.9 Å². The van der Waals surface area contributed by atoms with Gasteiger partial charge in [-0.3, -0.25) is 4.79 Å². The lowest BCUT2D eigenvalue weighted by atomic mass is 10.1. The second kappa shape index (κ2) is 10.2. The molecule has 1 aromatic heterocycles. The van der Waals surface area contributed by atoms with E-state index in [4.69, 9.17) is 4.74 Å². The molecular formula is C22H23FN4O2. The van der Waals surface area contributed by atoms with Crippen LogP contribution in [0.25, 0.3) is 0 Å². The first-order chi connectivity index (χ1) is 14.2. The lowest BCUT2D eigenvalue weighted by Crippen LogP contribution is -2.26. The Morgan fingerprint density at radius 3 is 2.59 bits per heavy atom. The maximum atomic E-state index is 13.6. The van der Waals surface area contributed by atoms with E-state index in [1.54, 1.807) is 25.3 Å². The van der Waals surface area contributed by atoms with Crippen LogP contribution >= 0.6 is 0 Å². The highest BCUT2D eigenvalue weighted by Gasteiger charge is 2.08. The topological polar surface area (TPSA) is 76.1 Å². The highest BCUT2D eigenvalue weighted by molar-refractivity contribution is 5.93. The number of halogens is 1. The van der Waals surface area contributed by atoms with Crippen LogP contribution in [0, 0.1) is 5.82 Å². The number of methoxy groups -OCH3 is 1. The van der Waals surface area contributed by atoms with Crippen LogP contribution in [-0.2, 0) is 12.8 Å². The number of nitrogens with one attached hydrogen (secondary N) is 2. The molecule has 0 aliphatic carbocycles. The van der Waals surface area contributed by atoms with Crippen LogP contribution in [0.5, 0.6) is 5.75 Å². The zero-order valence-electron chi connectivity index (χ0n) is 16.2. The number of anilines is 1. The summed E-state index contributed by atoms with van der Waals surface area (Å²) in [5, 5.41) is 5.88. The average molecular weight is 394 g/mol. The fourth-order valence-corrected chi connectivity index (χ4v) is 2.80. The summed E-state index contributed by atoms with van der Waals surface area (Å²) in [6.07, 6.45) is 4.15. The fourth-order valence-electron chi connectivity index (χ4n) is 2.80. The van der Waals surface area contributed by atoms with Crippen LogP contribution in [-0.4, -0.2) is 36.1 Å². The van der Waals surface area contributed by atoms with Gasteiger partial charge < -0.3 is 15.4 Å². The first kappa shape index (κ1) is 20.3. The van der Waals surface area contributed by atoms with Gasteiger partial charge in [0.1, 0.15) is 11.6 Å². The molecule has 0 radical (unpaired) electrons. The van der Waals surface area contributed by atoms with E-state index in [0.29, 0.717) is 36.6 Å². The van der Waals surface area contributed by atoms with Gasteiger partial charge in [-0.1, -0.05) is 30.3 Å². The van der Waals surface area contributed by atoms with Gasteiger partial charge in [-0.2, -0.15) is 0 Å². The number of amides is 1. The molecule has 6 nitrogen and oxygen atoms in total. The Hall–Kier alpha value is -3.48. The minimum atomic E-state index is -0.288. The van der Waals surface area contributed by atoms with E-state index in [-0.39, 0.29) is 11.7 Å². The summed E-state index contributed by atoms with van der Waals surface area (Å²) in [7, 11) is 1.64. The number of carbonyl (C=O) groups is 1. The molecule has 0 atom stereocenters. The van der Waals surface area contributed by atoms with Crippen molar-refractivity contribution >= 4 is 11.9 Å². The molecule has 3 aromatic rings. The number of nitrogens with zero attached hydrogens (tertiary/aromatic N) is 2. The third-order valence-corrected chi connectivity index (χ3v) is 4.38. The molecule has 2 N–H and O–H groups in total. The summed E-state index contributed by atoms with van der Waals surface area (Å²) in [5.74, 6) is 0.721. The molecule has 1 heterocycles. The number of rotatable bonds is 9. The Balaban J connectivity index is 1.44. The van der Waals surface area contributed by atoms with E-state index in [1.807, 2.05) is 24.3 Å². The first-order valence-corrected chi connectivity index (χ1v) is 9.36. The van der Waals surface area contributed by atoms with Crippen molar-refractivity contribution in [2.75, 3.05) is 25.5 Å². The Kier molecular flexibility index (Phi) is 7.10. The number of ether oxygens (including phenoxy) is 1. The lowest BCUT2D eigenvalue weighted by molar-refractivity contribution is 0.0953. The molecule has 3 rings (SSSR count). The van der Waals surface area contributed by atoms with Crippen molar-refractivity contribution in [3.8, 4) is 5.75 Å². The quantitative estimate of drug-likeness (QED) is 0.583. The van der Waals surface area contributed by atoms with Crippen molar-refractivity contribution in [3.05, 3.63) is 83.4 Å². The smallest absolute Gasteiger partial charge is 0.254 e. The van der Waals surface area contributed by atoms with E-state index in [0.717, 1.165) is 17.7 Å². The summed E-state index contributed by atoms with van der Waals surface area (Å²) in [6.45, 7) is 0.988. The molecule has 0 saturated heterocycles. The minimum absolute atomic E-state index is 0.269. The summed E-state index contributed by atoms with van der Waals surface area (Å²) >= 11 is 0. The summed E-state index contributed by atoms with van der Waals surface area (Å²) in [6, 6.07) is 14.4. The largest absolute Gasteiger partial charge is 0.497 e. The molecule has 0 bridgehead atoms. The molecule has 0 aliphatic rings. The normalized spacial score (nSPS) is 10.4. The summed E-state index contributed by atoms with van der Waals surface area (Å²) in [5.41, 5.74) is 2.07. The number of aromatic nitrogens is 2. The number of carbonyl (C=O) groups excluding carboxylic acids is 1. The van der Waals surface area contributed by atoms with Gasteiger partial charge in [-0.15, -0.1) is 0 Å². The third kappa shape index (κ3) is 6.00. The van der Waals surface area contributed by atoms with E-state index >= 15 is 0 Å². The van der Waals surface area contributed by atoms with E-state index in [2.05, 4.69) is 20.6 Å². The van der Waals surface area contributed by atoms with Crippen molar-refractivity contribution in [2.24, 2.45) is 0 Å². The van der Waals surface area contributed by atoms with Gasteiger partial charge in [0.15, 0.2) is 0 Å². The van der Waals surface area contributed by atoms with E-state index < -0.39 is 0 Å². The maximum absolute atomic E-state index is 13.6. The Morgan fingerprint density at radius 1 is 1.03 bits per heavy atom. The summed E-state index contributed by atoms with van der Waals surface area (Å²) in [4.78, 5) is 20.5. The first-order valence-electron chi connectivity index (χ1n) is 9.36. The molecule has 0 spiro atoms. The number of hydrogen-bond donors (Lipinski definition) is 2. The lowest BCUT2D eigenvalue weighted by Gasteiger charge is -2.08. The highest BCUT2D eigenvalue weighted by Crippen LogP contribution is 2.13. The van der Waals surface area contributed by atoms with Gasteiger partial charge in [0.25, 0.3) is 5.91 Å². The van der Waals surface area contributed by atoms with Crippen LogP contribution in [0.4, 0.5) is 10.3 Å². The van der Waals surface area contributed by atoms with Crippen molar-refractivity contribution in [1.82, 2.24) is 15.3 Å². The minimum Gasteiger partial charge on any atom is -0.497 e. The van der Waals surface area contributed by atoms with Gasteiger partial charge in [0.05, 0.1) is 12.7 Å². The SMILES string of the molecule is COc1cccc(CCNc2ncc(C(=O)NCCc3ccccc3F)cn2)c1. The van der Waals surface area contributed by atoms with E-state index in [1.165, 1.54) is 18.5 Å². The molecule has 0 aliphatic heterocycles.